The van der Waals surface area contributed by atoms with Crippen LogP contribution in [0.25, 0.3) is 11.4 Å². The summed E-state index contributed by atoms with van der Waals surface area (Å²) in [5, 5.41) is 10.8. The first-order chi connectivity index (χ1) is 14.2. The molecule has 1 N–H and O–H groups in total. The normalized spacial score (nSPS) is 16.2. The summed E-state index contributed by atoms with van der Waals surface area (Å²) in [6, 6.07) is 7.74. The first-order valence-corrected chi connectivity index (χ1v) is 10.5. The van der Waals surface area contributed by atoms with Crippen LogP contribution in [0.5, 0.6) is 5.75 Å². The van der Waals surface area contributed by atoms with E-state index in [1.807, 2.05) is 45.0 Å². The number of piperidine rings is 1. The van der Waals surface area contributed by atoms with Crippen molar-refractivity contribution in [2.75, 3.05) is 19.7 Å². The number of likely N-dealkylation sites (tertiary alicyclic amines) is 1. The Hall–Kier alpha value is -2.38. The predicted molar refractivity (Wildman–Crippen MR) is 115 cm³/mol. The van der Waals surface area contributed by atoms with E-state index in [0.717, 1.165) is 11.1 Å². The first kappa shape index (κ1) is 22.3. The maximum atomic E-state index is 12.2. The van der Waals surface area contributed by atoms with Gasteiger partial charge >= 0.3 is 6.09 Å². The zero-order chi connectivity index (χ0) is 21.8. The molecule has 0 atom stereocenters. The maximum absolute atomic E-state index is 12.2. The highest BCUT2D eigenvalue weighted by Gasteiger charge is 2.36. The van der Waals surface area contributed by atoms with Gasteiger partial charge in [0.2, 0.25) is 0 Å². The van der Waals surface area contributed by atoms with Crippen LogP contribution in [-0.4, -0.2) is 57.0 Å². The summed E-state index contributed by atoms with van der Waals surface area (Å²) in [6.45, 7) is 6.45. The van der Waals surface area contributed by atoms with Gasteiger partial charge in [-0.3, -0.25) is 0 Å². The topological polar surface area (TPSA) is 84.8 Å². The van der Waals surface area contributed by atoms with Crippen LogP contribution in [0.4, 0.5) is 4.79 Å². The molecule has 0 saturated carbocycles. The van der Waals surface area contributed by atoms with Crippen LogP contribution >= 0.6 is 11.6 Å². The lowest BCUT2D eigenvalue weighted by atomic mass is 9.92. The van der Waals surface area contributed by atoms with Crippen LogP contribution in [-0.2, 0) is 10.6 Å². The number of hydrogen-bond acceptors (Lipinski definition) is 6. The first-order valence-electron chi connectivity index (χ1n) is 9.98. The number of amides is 1. The van der Waals surface area contributed by atoms with Gasteiger partial charge in [-0.25, -0.2) is 14.8 Å². The Morgan fingerprint density at radius 3 is 2.50 bits per heavy atom. The van der Waals surface area contributed by atoms with E-state index in [0.29, 0.717) is 43.4 Å². The van der Waals surface area contributed by atoms with E-state index in [1.165, 1.54) is 0 Å². The van der Waals surface area contributed by atoms with Gasteiger partial charge in [0, 0.05) is 24.5 Å². The fourth-order valence-electron chi connectivity index (χ4n) is 3.13. The molecule has 162 valence electrons. The number of nitrogens with zero attached hydrogens (tertiary/aromatic N) is 3. The van der Waals surface area contributed by atoms with E-state index >= 15 is 0 Å². The van der Waals surface area contributed by atoms with Crippen LogP contribution in [0, 0.1) is 0 Å². The Kier molecular flexibility index (Phi) is 6.83. The van der Waals surface area contributed by atoms with E-state index in [4.69, 9.17) is 21.1 Å². The molecule has 1 aromatic carbocycles. The van der Waals surface area contributed by atoms with Gasteiger partial charge in [0.15, 0.2) is 11.6 Å². The van der Waals surface area contributed by atoms with Gasteiger partial charge in [-0.1, -0.05) is 18.2 Å². The molecule has 1 aliphatic heterocycles. The molecule has 30 heavy (non-hydrogen) atoms. The van der Waals surface area contributed by atoms with Gasteiger partial charge in [0.05, 0.1) is 12.4 Å². The smallest absolute Gasteiger partial charge is 0.410 e. The molecule has 0 aliphatic carbocycles. The van der Waals surface area contributed by atoms with Crippen LogP contribution < -0.4 is 4.74 Å². The molecule has 3 rings (SSSR count). The summed E-state index contributed by atoms with van der Waals surface area (Å²) in [7, 11) is 0. The van der Waals surface area contributed by atoms with Crippen molar-refractivity contribution in [3.8, 4) is 17.1 Å². The molecule has 1 amide bonds. The third-order valence-corrected chi connectivity index (χ3v) is 5.13. The standard InChI is InChI=1S/C22H28ClN3O4/c1-21(2,3)30-20(27)26-9-7-22(28,8-10-26)15-29-18-13-24-19(25-14-18)17-6-4-5-16(11-17)12-23/h4-6,11,13-14,28H,7-10,12,15H2,1-3H3. The predicted octanol–water partition coefficient (Wildman–Crippen LogP) is 4.02. The number of carbonyl (C=O) groups is 1. The minimum Gasteiger partial charge on any atom is -0.487 e. The van der Waals surface area contributed by atoms with E-state index in [2.05, 4.69) is 9.97 Å². The highest BCUT2D eigenvalue weighted by molar-refractivity contribution is 6.17. The largest absolute Gasteiger partial charge is 0.487 e. The Morgan fingerprint density at radius 2 is 1.90 bits per heavy atom. The Balaban J connectivity index is 1.52. The van der Waals surface area contributed by atoms with Gasteiger partial charge in [-0.05, 0) is 45.2 Å². The summed E-state index contributed by atoms with van der Waals surface area (Å²) in [4.78, 5) is 22.5. The fraction of sp³-hybridized carbons (Fsp3) is 0.500. The Labute approximate surface area is 182 Å². The molecule has 0 bridgehead atoms. The third-order valence-electron chi connectivity index (χ3n) is 4.82. The molecular formula is C22H28ClN3O4. The highest BCUT2D eigenvalue weighted by atomic mass is 35.5. The molecule has 0 spiro atoms. The number of halogens is 1. The second-order valence-corrected chi connectivity index (χ2v) is 8.82. The molecule has 2 aromatic rings. The number of rotatable bonds is 5. The van der Waals surface area contributed by atoms with Gasteiger partial charge in [-0.15, -0.1) is 11.6 Å². The SMILES string of the molecule is CC(C)(C)OC(=O)N1CCC(O)(COc2cnc(-c3cccc(CCl)c3)nc2)CC1. The molecule has 1 aliphatic rings. The summed E-state index contributed by atoms with van der Waals surface area (Å²) in [5.41, 5.74) is 0.336. The monoisotopic (exact) mass is 433 g/mol. The average molecular weight is 434 g/mol. The van der Waals surface area contributed by atoms with E-state index < -0.39 is 11.2 Å². The Morgan fingerprint density at radius 1 is 1.23 bits per heavy atom. The Bertz CT molecular complexity index is 859. The van der Waals surface area contributed by atoms with Gasteiger partial charge in [0.25, 0.3) is 0 Å². The lowest BCUT2D eigenvalue weighted by Gasteiger charge is -2.38. The fourth-order valence-corrected chi connectivity index (χ4v) is 3.29. The number of hydrogen-bond donors (Lipinski definition) is 1. The van der Waals surface area contributed by atoms with Crippen molar-refractivity contribution in [3.05, 3.63) is 42.2 Å². The van der Waals surface area contributed by atoms with Crippen molar-refractivity contribution in [2.45, 2.75) is 50.7 Å². The van der Waals surface area contributed by atoms with Crippen LogP contribution in [0.15, 0.2) is 36.7 Å². The zero-order valence-corrected chi connectivity index (χ0v) is 18.4. The van der Waals surface area contributed by atoms with Crippen molar-refractivity contribution in [3.63, 3.8) is 0 Å². The summed E-state index contributed by atoms with van der Waals surface area (Å²) in [5.74, 6) is 1.49. The van der Waals surface area contributed by atoms with Crippen molar-refractivity contribution in [1.82, 2.24) is 14.9 Å². The number of ether oxygens (including phenoxy) is 2. The lowest BCUT2D eigenvalue weighted by molar-refractivity contribution is -0.0562. The molecule has 1 saturated heterocycles. The van der Waals surface area contributed by atoms with Crippen LogP contribution in [0.2, 0.25) is 0 Å². The molecule has 1 aromatic heterocycles. The molecule has 7 nitrogen and oxygen atoms in total. The van der Waals surface area contributed by atoms with Crippen molar-refractivity contribution < 1.29 is 19.4 Å². The quantitative estimate of drug-likeness (QED) is 0.717. The second-order valence-electron chi connectivity index (χ2n) is 8.56. The minimum absolute atomic E-state index is 0.111. The molecule has 0 unspecified atom stereocenters. The van der Waals surface area contributed by atoms with Crippen LogP contribution in [0.1, 0.15) is 39.2 Å². The summed E-state index contributed by atoms with van der Waals surface area (Å²) >= 11 is 5.88. The molecule has 8 heteroatoms. The van der Waals surface area contributed by atoms with Gasteiger partial charge in [-0.2, -0.15) is 0 Å². The highest BCUT2D eigenvalue weighted by Crippen LogP contribution is 2.25. The number of alkyl halides is 1. The van der Waals surface area contributed by atoms with Crippen LogP contribution in [0.3, 0.4) is 0 Å². The third kappa shape index (κ3) is 6.06. The van der Waals surface area contributed by atoms with Crippen molar-refractivity contribution in [1.29, 1.82) is 0 Å². The van der Waals surface area contributed by atoms with Crippen molar-refractivity contribution >= 4 is 17.7 Å². The number of benzene rings is 1. The maximum Gasteiger partial charge on any atom is 0.410 e. The summed E-state index contributed by atoms with van der Waals surface area (Å²) < 4.78 is 11.1. The van der Waals surface area contributed by atoms with E-state index in [9.17, 15) is 9.90 Å². The van der Waals surface area contributed by atoms with E-state index in [-0.39, 0.29) is 12.7 Å². The lowest BCUT2D eigenvalue weighted by Crippen LogP contribution is -2.50. The minimum atomic E-state index is -1.01. The second kappa shape index (κ2) is 9.18. The zero-order valence-electron chi connectivity index (χ0n) is 17.6. The number of aliphatic hydroxyl groups is 1. The van der Waals surface area contributed by atoms with Crippen molar-refractivity contribution in [2.24, 2.45) is 0 Å². The van der Waals surface area contributed by atoms with Gasteiger partial charge < -0.3 is 19.5 Å². The molecule has 0 radical (unpaired) electrons. The molecule has 2 heterocycles. The summed E-state index contributed by atoms with van der Waals surface area (Å²) in [6.07, 6.45) is 3.66. The molecule has 1 fully saturated rings. The van der Waals surface area contributed by atoms with E-state index in [1.54, 1.807) is 17.3 Å². The van der Waals surface area contributed by atoms with Gasteiger partial charge in [0.1, 0.15) is 17.8 Å². The molecular weight excluding hydrogens is 406 g/mol. The average Bonchev–Trinajstić information content (AvgIpc) is 2.72. The number of aromatic nitrogens is 2. The number of carbonyl (C=O) groups excluding carboxylic acids is 1.